The lowest BCUT2D eigenvalue weighted by molar-refractivity contribution is 0.726. The van der Waals surface area contributed by atoms with Crippen LogP contribution in [0.4, 0.5) is 5.82 Å². The maximum Gasteiger partial charge on any atom is 0.225 e. The molecule has 0 saturated carbocycles. The molecular weight excluding hydrogens is 338 g/mol. The Morgan fingerprint density at radius 2 is 1.71 bits per heavy atom. The molecule has 2 aromatic heterocycles. The highest BCUT2D eigenvalue weighted by molar-refractivity contribution is 7.17. The zero-order valence-electron chi connectivity index (χ0n) is 13.8. The van der Waals surface area contributed by atoms with E-state index in [1.807, 2.05) is 0 Å². The Balaban J connectivity index is 1.88. The van der Waals surface area contributed by atoms with E-state index >= 15 is 0 Å². The summed E-state index contributed by atoms with van der Waals surface area (Å²) >= 11 is 7.87. The first-order valence-electron chi connectivity index (χ1n) is 8.49. The Kier molecular flexibility index (Phi) is 4.42. The molecule has 24 heavy (non-hydrogen) atoms. The lowest BCUT2D eigenvalue weighted by atomic mass is 10.0. The third-order valence-corrected chi connectivity index (χ3v) is 5.70. The maximum atomic E-state index is 6.22. The van der Waals surface area contributed by atoms with Gasteiger partial charge in [0.25, 0.3) is 0 Å². The van der Waals surface area contributed by atoms with Crippen molar-refractivity contribution in [3.63, 3.8) is 0 Å². The van der Waals surface area contributed by atoms with Crippen molar-refractivity contribution in [2.24, 2.45) is 0 Å². The molecule has 3 heterocycles. The number of anilines is 1. The van der Waals surface area contributed by atoms with Crippen molar-refractivity contribution in [1.82, 2.24) is 9.97 Å². The number of hydrogen-bond donors (Lipinski definition) is 0. The monoisotopic (exact) mass is 357 g/mol. The average molecular weight is 358 g/mol. The van der Waals surface area contributed by atoms with Crippen LogP contribution in [0.25, 0.3) is 21.3 Å². The van der Waals surface area contributed by atoms with Gasteiger partial charge < -0.3 is 4.90 Å². The molecule has 0 spiro atoms. The van der Waals surface area contributed by atoms with E-state index in [4.69, 9.17) is 11.6 Å². The highest BCUT2D eigenvalue weighted by atomic mass is 35.5. The predicted molar refractivity (Wildman–Crippen MR) is 103 cm³/mol. The summed E-state index contributed by atoms with van der Waals surface area (Å²) in [4.78, 5) is 12.5. The Bertz CT molecular complexity index is 849. The summed E-state index contributed by atoms with van der Waals surface area (Å²) in [5.41, 5.74) is 3.70. The molecule has 3 nitrogen and oxygen atoms in total. The predicted octanol–water partition coefficient (Wildman–Crippen LogP) is 5.70. The zero-order valence-corrected chi connectivity index (χ0v) is 15.3. The number of halogens is 1. The van der Waals surface area contributed by atoms with E-state index in [9.17, 15) is 0 Å². The number of fused-ring (bicyclic) bond motifs is 1. The quantitative estimate of drug-likeness (QED) is 0.551. The van der Waals surface area contributed by atoms with E-state index in [1.165, 1.54) is 42.4 Å². The summed E-state index contributed by atoms with van der Waals surface area (Å²) in [6, 6.07) is 8.66. The molecule has 0 unspecified atom stereocenters. The Labute approximate surface area is 151 Å². The minimum atomic E-state index is 0.346. The van der Waals surface area contributed by atoms with Crippen LogP contribution in [0.3, 0.4) is 0 Å². The molecule has 0 bridgehead atoms. The molecule has 1 aromatic carbocycles. The van der Waals surface area contributed by atoms with Gasteiger partial charge >= 0.3 is 0 Å². The first-order valence-corrected chi connectivity index (χ1v) is 9.75. The molecule has 5 heteroatoms. The third-order valence-electron chi connectivity index (χ3n) is 4.66. The van der Waals surface area contributed by atoms with E-state index in [1.54, 1.807) is 11.3 Å². The van der Waals surface area contributed by atoms with Gasteiger partial charge in [0, 0.05) is 24.0 Å². The Hall–Kier alpha value is -1.65. The van der Waals surface area contributed by atoms with Crippen molar-refractivity contribution in [3.8, 4) is 11.1 Å². The summed E-state index contributed by atoms with van der Waals surface area (Å²) in [6.45, 7) is 4.21. The number of benzene rings is 1. The largest absolute Gasteiger partial charge is 0.356 e. The second-order valence-electron chi connectivity index (χ2n) is 6.41. The van der Waals surface area contributed by atoms with Crippen LogP contribution in [0, 0.1) is 6.92 Å². The molecule has 0 atom stereocenters. The summed E-state index contributed by atoms with van der Waals surface area (Å²) < 4.78 is 0. The first kappa shape index (κ1) is 15.9. The van der Waals surface area contributed by atoms with E-state index in [0.717, 1.165) is 29.1 Å². The van der Waals surface area contributed by atoms with Gasteiger partial charge in [-0.2, -0.15) is 4.98 Å². The number of aromatic nitrogens is 2. The van der Waals surface area contributed by atoms with Gasteiger partial charge in [-0.3, -0.25) is 0 Å². The fraction of sp³-hybridized carbons (Fsp3) is 0.368. The molecule has 0 radical (unpaired) electrons. The van der Waals surface area contributed by atoms with Crippen molar-refractivity contribution in [1.29, 1.82) is 0 Å². The fourth-order valence-corrected chi connectivity index (χ4v) is 4.51. The van der Waals surface area contributed by atoms with Crippen LogP contribution in [-0.4, -0.2) is 23.1 Å². The molecule has 1 aliphatic heterocycles. The second-order valence-corrected chi connectivity index (χ2v) is 7.61. The number of hydrogen-bond acceptors (Lipinski definition) is 4. The molecule has 0 N–H and O–H groups in total. The van der Waals surface area contributed by atoms with E-state index < -0.39 is 0 Å². The summed E-state index contributed by atoms with van der Waals surface area (Å²) in [6.07, 6.45) is 5.03. The van der Waals surface area contributed by atoms with Crippen molar-refractivity contribution >= 4 is 39.0 Å². The minimum absolute atomic E-state index is 0.346. The van der Waals surface area contributed by atoms with Gasteiger partial charge in [0.15, 0.2) is 0 Å². The van der Waals surface area contributed by atoms with Crippen LogP contribution in [0.2, 0.25) is 5.28 Å². The molecule has 1 saturated heterocycles. The topological polar surface area (TPSA) is 29.0 Å². The van der Waals surface area contributed by atoms with E-state index in [-0.39, 0.29) is 0 Å². The average Bonchev–Trinajstić information content (AvgIpc) is 2.81. The van der Waals surface area contributed by atoms with Crippen LogP contribution in [-0.2, 0) is 0 Å². The normalized spacial score (nSPS) is 15.7. The number of nitrogens with zero attached hydrogens (tertiary/aromatic N) is 3. The summed E-state index contributed by atoms with van der Waals surface area (Å²) in [7, 11) is 0. The van der Waals surface area contributed by atoms with Gasteiger partial charge in [-0.15, -0.1) is 11.3 Å². The molecule has 3 aromatic rings. The van der Waals surface area contributed by atoms with Gasteiger partial charge in [-0.25, -0.2) is 4.98 Å². The van der Waals surface area contributed by atoms with Crippen LogP contribution in [0.1, 0.15) is 31.2 Å². The second kappa shape index (κ2) is 6.69. The fourth-order valence-electron chi connectivity index (χ4n) is 3.36. The third kappa shape index (κ3) is 3.01. The lowest BCUT2D eigenvalue weighted by Gasteiger charge is -2.22. The van der Waals surface area contributed by atoms with Crippen molar-refractivity contribution in [2.45, 2.75) is 32.6 Å². The lowest BCUT2D eigenvalue weighted by Crippen LogP contribution is -2.25. The zero-order chi connectivity index (χ0) is 16.5. The van der Waals surface area contributed by atoms with Gasteiger partial charge in [-0.05, 0) is 36.9 Å². The number of rotatable bonds is 2. The Morgan fingerprint density at radius 3 is 2.42 bits per heavy atom. The molecule has 124 valence electrons. The maximum absolute atomic E-state index is 6.22. The summed E-state index contributed by atoms with van der Waals surface area (Å²) in [5, 5.41) is 3.68. The molecule has 0 amide bonds. The number of aryl methyl sites for hydroxylation is 1. The smallest absolute Gasteiger partial charge is 0.225 e. The molecule has 1 fully saturated rings. The SMILES string of the molecule is Cc1ccc(-c2csc3nc(Cl)nc(N4CCCCCC4)c23)cc1. The minimum Gasteiger partial charge on any atom is -0.356 e. The molecule has 1 aliphatic rings. The van der Waals surface area contributed by atoms with Gasteiger partial charge in [0.2, 0.25) is 5.28 Å². The number of thiophene rings is 1. The van der Waals surface area contributed by atoms with Gasteiger partial charge in [0.1, 0.15) is 10.6 Å². The Morgan fingerprint density at radius 1 is 1.00 bits per heavy atom. The van der Waals surface area contributed by atoms with Gasteiger partial charge in [0.05, 0.1) is 5.39 Å². The van der Waals surface area contributed by atoms with E-state index in [2.05, 4.69) is 51.4 Å². The highest BCUT2D eigenvalue weighted by Crippen LogP contribution is 2.39. The molecule has 4 rings (SSSR count). The van der Waals surface area contributed by atoms with Crippen LogP contribution in [0.5, 0.6) is 0 Å². The first-order chi connectivity index (χ1) is 11.7. The van der Waals surface area contributed by atoms with E-state index in [0.29, 0.717) is 5.28 Å². The van der Waals surface area contributed by atoms with Crippen molar-refractivity contribution in [2.75, 3.05) is 18.0 Å². The van der Waals surface area contributed by atoms with Crippen molar-refractivity contribution < 1.29 is 0 Å². The standard InChI is InChI=1S/C19H20ClN3S/c1-13-6-8-14(9-7-13)15-12-24-18-16(15)17(21-19(20)22-18)23-10-4-2-3-5-11-23/h6-9,12H,2-5,10-11H2,1H3. The molecular formula is C19H20ClN3S. The summed E-state index contributed by atoms with van der Waals surface area (Å²) in [5.74, 6) is 1.00. The van der Waals surface area contributed by atoms with Crippen molar-refractivity contribution in [3.05, 3.63) is 40.5 Å². The van der Waals surface area contributed by atoms with Crippen LogP contribution in [0.15, 0.2) is 29.6 Å². The van der Waals surface area contributed by atoms with Crippen LogP contribution < -0.4 is 4.90 Å². The highest BCUT2D eigenvalue weighted by Gasteiger charge is 2.20. The van der Waals surface area contributed by atoms with Crippen LogP contribution >= 0.6 is 22.9 Å². The van der Waals surface area contributed by atoms with Gasteiger partial charge in [-0.1, -0.05) is 42.7 Å². The molecule has 0 aliphatic carbocycles.